The smallest absolute Gasteiger partial charge is 0.0966 e. The summed E-state index contributed by atoms with van der Waals surface area (Å²) in [6, 6.07) is 0. The molecule has 0 aromatic heterocycles. The zero-order valence-corrected chi connectivity index (χ0v) is 9.51. The molecule has 1 aliphatic heterocycles. The van der Waals surface area contributed by atoms with Gasteiger partial charge in [0.05, 0.1) is 12.7 Å². The first kappa shape index (κ1) is 11.5. The fraction of sp³-hybridized carbons (Fsp3) is 0.692. The summed E-state index contributed by atoms with van der Waals surface area (Å²) in [4.78, 5) is 0. The fourth-order valence-electron chi connectivity index (χ4n) is 1.72. The minimum absolute atomic E-state index is 0.195. The molecular weight excluding hydrogens is 172 g/mol. The molecule has 0 spiro atoms. The Hall–Kier alpha value is -0.560. The number of rotatable bonds is 5. The minimum Gasteiger partial charge on any atom is -0.369 e. The van der Waals surface area contributed by atoms with Crippen molar-refractivity contribution < 1.29 is 4.74 Å². The highest BCUT2D eigenvalue weighted by Crippen LogP contribution is 2.20. The molecule has 0 fully saturated rings. The number of unbranched alkanes of at least 4 members (excludes halogenated alkanes) is 2. The summed E-state index contributed by atoms with van der Waals surface area (Å²) >= 11 is 0. The molecule has 0 saturated carbocycles. The first-order valence-corrected chi connectivity index (χ1v) is 5.70. The number of hydrogen-bond donors (Lipinski definition) is 0. The highest BCUT2D eigenvalue weighted by Gasteiger charge is 2.14. The lowest BCUT2D eigenvalue weighted by molar-refractivity contribution is 0.0975. The van der Waals surface area contributed by atoms with E-state index in [2.05, 4.69) is 26.5 Å². The third-order valence-electron chi connectivity index (χ3n) is 2.73. The molecule has 1 atom stereocenters. The van der Waals surface area contributed by atoms with Crippen LogP contribution in [0, 0.1) is 0 Å². The van der Waals surface area contributed by atoms with Crippen LogP contribution < -0.4 is 0 Å². The van der Waals surface area contributed by atoms with Crippen LogP contribution in [-0.4, -0.2) is 12.7 Å². The molecule has 14 heavy (non-hydrogen) atoms. The predicted octanol–water partition coefficient (Wildman–Crippen LogP) is 3.86. The van der Waals surface area contributed by atoms with E-state index in [0.717, 1.165) is 19.4 Å². The molecule has 0 N–H and O–H groups in total. The second-order valence-electron chi connectivity index (χ2n) is 4.17. The van der Waals surface area contributed by atoms with Gasteiger partial charge >= 0.3 is 0 Å². The van der Waals surface area contributed by atoms with E-state index in [1.165, 1.54) is 30.4 Å². The molecule has 80 valence electrons. The third kappa shape index (κ3) is 3.67. The van der Waals surface area contributed by atoms with E-state index in [-0.39, 0.29) is 6.10 Å². The zero-order valence-electron chi connectivity index (χ0n) is 9.51. The molecule has 0 bridgehead atoms. The van der Waals surface area contributed by atoms with Gasteiger partial charge in [0.2, 0.25) is 0 Å². The van der Waals surface area contributed by atoms with Gasteiger partial charge in [-0.05, 0) is 31.8 Å². The lowest BCUT2D eigenvalue weighted by atomic mass is 10.00. The first-order chi connectivity index (χ1) is 6.74. The average molecular weight is 194 g/mol. The topological polar surface area (TPSA) is 9.23 Å². The summed E-state index contributed by atoms with van der Waals surface area (Å²) in [5.41, 5.74) is 2.69. The van der Waals surface area contributed by atoms with Gasteiger partial charge in [-0.15, -0.1) is 0 Å². The quantitative estimate of drug-likeness (QED) is 0.477. The molecule has 1 rings (SSSR count). The average Bonchev–Trinajstić information content (AvgIpc) is 2.18. The summed E-state index contributed by atoms with van der Waals surface area (Å²) < 4.78 is 5.66. The lowest BCUT2D eigenvalue weighted by Gasteiger charge is -2.22. The van der Waals surface area contributed by atoms with E-state index in [4.69, 9.17) is 4.74 Å². The van der Waals surface area contributed by atoms with Gasteiger partial charge in [-0.3, -0.25) is 0 Å². The van der Waals surface area contributed by atoms with E-state index in [9.17, 15) is 0 Å². The Labute approximate surface area is 87.8 Å². The van der Waals surface area contributed by atoms with Gasteiger partial charge in [-0.2, -0.15) is 0 Å². The van der Waals surface area contributed by atoms with Crippen molar-refractivity contribution >= 4 is 0 Å². The van der Waals surface area contributed by atoms with Crippen LogP contribution in [0.15, 0.2) is 23.8 Å². The van der Waals surface area contributed by atoms with Crippen molar-refractivity contribution in [3.8, 4) is 0 Å². The SMILES string of the molecule is C=C(CCCCC)C1C=C(C)CCO1. The molecule has 1 heterocycles. The van der Waals surface area contributed by atoms with Crippen molar-refractivity contribution in [3.05, 3.63) is 23.8 Å². The monoisotopic (exact) mass is 194 g/mol. The van der Waals surface area contributed by atoms with Crippen molar-refractivity contribution in [2.24, 2.45) is 0 Å². The molecule has 0 aromatic rings. The van der Waals surface area contributed by atoms with Crippen LogP contribution in [0.5, 0.6) is 0 Å². The van der Waals surface area contributed by atoms with Crippen molar-refractivity contribution in [2.45, 2.75) is 52.1 Å². The number of ether oxygens (including phenoxy) is 1. The summed E-state index contributed by atoms with van der Waals surface area (Å²) in [5.74, 6) is 0. The van der Waals surface area contributed by atoms with Crippen LogP contribution in [0.2, 0.25) is 0 Å². The molecule has 0 saturated heterocycles. The summed E-state index contributed by atoms with van der Waals surface area (Å²) in [6.07, 6.45) is 8.43. The molecule has 1 unspecified atom stereocenters. The molecule has 1 aliphatic rings. The van der Waals surface area contributed by atoms with Gasteiger partial charge in [0, 0.05) is 0 Å². The summed E-state index contributed by atoms with van der Waals surface area (Å²) in [7, 11) is 0. The lowest BCUT2D eigenvalue weighted by Crippen LogP contribution is -2.18. The Kier molecular flexibility index (Phi) is 4.95. The standard InChI is InChI=1S/C13H22O/c1-4-5-6-7-12(3)13-10-11(2)8-9-14-13/h10,13H,3-9H2,1-2H3. The molecule has 0 amide bonds. The Morgan fingerprint density at radius 2 is 2.36 bits per heavy atom. The van der Waals surface area contributed by atoms with Crippen LogP contribution in [-0.2, 0) is 4.74 Å². The normalized spacial score (nSPS) is 21.9. The maximum Gasteiger partial charge on any atom is 0.0966 e. The summed E-state index contributed by atoms with van der Waals surface area (Å²) in [5, 5.41) is 0. The molecular formula is C13H22O. The maximum absolute atomic E-state index is 5.66. The van der Waals surface area contributed by atoms with Gasteiger partial charge in [-0.1, -0.05) is 38.0 Å². The fourth-order valence-corrected chi connectivity index (χ4v) is 1.72. The van der Waals surface area contributed by atoms with Gasteiger partial charge < -0.3 is 4.74 Å². The Morgan fingerprint density at radius 1 is 1.57 bits per heavy atom. The van der Waals surface area contributed by atoms with Gasteiger partial charge in [0.25, 0.3) is 0 Å². The van der Waals surface area contributed by atoms with Gasteiger partial charge in [-0.25, -0.2) is 0 Å². The highest BCUT2D eigenvalue weighted by molar-refractivity contribution is 5.17. The zero-order chi connectivity index (χ0) is 10.4. The molecule has 0 radical (unpaired) electrons. The van der Waals surface area contributed by atoms with E-state index in [1.54, 1.807) is 0 Å². The van der Waals surface area contributed by atoms with Crippen molar-refractivity contribution in [1.29, 1.82) is 0 Å². The second kappa shape index (κ2) is 6.02. The van der Waals surface area contributed by atoms with E-state index in [1.807, 2.05) is 0 Å². The van der Waals surface area contributed by atoms with E-state index < -0.39 is 0 Å². The minimum atomic E-state index is 0.195. The van der Waals surface area contributed by atoms with Crippen LogP contribution in [0.1, 0.15) is 46.0 Å². The highest BCUT2D eigenvalue weighted by atomic mass is 16.5. The third-order valence-corrected chi connectivity index (χ3v) is 2.73. The molecule has 0 aliphatic carbocycles. The molecule has 1 heteroatoms. The molecule has 1 nitrogen and oxygen atoms in total. The number of hydrogen-bond acceptors (Lipinski definition) is 1. The van der Waals surface area contributed by atoms with Crippen molar-refractivity contribution in [1.82, 2.24) is 0 Å². The van der Waals surface area contributed by atoms with Crippen molar-refractivity contribution in [2.75, 3.05) is 6.61 Å². The van der Waals surface area contributed by atoms with Crippen LogP contribution in [0.4, 0.5) is 0 Å². The second-order valence-corrected chi connectivity index (χ2v) is 4.17. The van der Waals surface area contributed by atoms with Crippen LogP contribution in [0.25, 0.3) is 0 Å². The Morgan fingerprint density at radius 3 is 3.00 bits per heavy atom. The molecule has 0 aromatic carbocycles. The van der Waals surface area contributed by atoms with Crippen molar-refractivity contribution in [3.63, 3.8) is 0 Å². The van der Waals surface area contributed by atoms with Crippen LogP contribution in [0.3, 0.4) is 0 Å². The summed E-state index contributed by atoms with van der Waals surface area (Å²) in [6.45, 7) is 9.38. The predicted molar refractivity (Wildman–Crippen MR) is 61.4 cm³/mol. The van der Waals surface area contributed by atoms with Gasteiger partial charge in [0.15, 0.2) is 0 Å². The maximum atomic E-state index is 5.66. The Bertz CT molecular complexity index is 215. The van der Waals surface area contributed by atoms with E-state index >= 15 is 0 Å². The largest absolute Gasteiger partial charge is 0.369 e. The van der Waals surface area contributed by atoms with Crippen LogP contribution >= 0.6 is 0 Å². The first-order valence-electron chi connectivity index (χ1n) is 5.70. The van der Waals surface area contributed by atoms with Gasteiger partial charge in [0.1, 0.15) is 0 Å². The Balaban J connectivity index is 2.33. The van der Waals surface area contributed by atoms with E-state index in [0.29, 0.717) is 0 Å².